The third-order valence-corrected chi connectivity index (χ3v) is 3.12. The van der Waals surface area contributed by atoms with Crippen LogP contribution in [-0.2, 0) is 6.54 Å². The third-order valence-electron chi connectivity index (χ3n) is 3.12. The molecule has 2 heterocycles. The molecule has 108 valence electrons. The maximum atomic E-state index is 12.3. The molecule has 0 saturated heterocycles. The van der Waals surface area contributed by atoms with Crippen molar-refractivity contribution in [2.75, 3.05) is 0 Å². The van der Waals surface area contributed by atoms with Crippen molar-refractivity contribution < 1.29 is 4.79 Å². The molecule has 0 aromatic carbocycles. The Hall–Kier alpha value is -2.11. The van der Waals surface area contributed by atoms with Gasteiger partial charge in [0.05, 0.1) is 17.3 Å². The van der Waals surface area contributed by atoms with E-state index in [2.05, 4.69) is 27.3 Å². The number of aromatic amines is 1. The summed E-state index contributed by atoms with van der Waals surface area (Å²) in [5.41, 5.74) is 2.35. The van der Waals surface area contributed by atoms with Gasteiger partial charge in [0.2, 0.25) is 0 Å². The van der Waals surface area contributed by atoms with Crippen LogP contribution in [0, 0.1) is 13.8 Å². The van der Waals surface area contributed by atoms with Crippen molar-refractivity contribution in [3.8, 4) is 0 Å². The van der Waals surface area contributed by atoms with Crippen LogP contribution in [0.15, 0.2) is 12.4 Å². The van der Waals surface area contributed by atoms with E-state index in [1.54, 1.807) is 12.4 Å². The van der Waals surface area contributed by atoms with Crippen LogP contribution in [0.25, 0.3) is 0 Å². The molecule has 0 saturated carbocycles. The summed E-state index contributed by atoms with van der Waals surface area (Å²) in [5, 5.41) is 7.27. The summed E-state index contributed by atoms with van der Waals surface area (Å²) >= 11 is 0. The molecule has 6 nitrogen and oxygen atoms in total. The Morgan fingerprint density at radius 3 is 2.85 bits per heavy atom. The third kappa shape index (κ3) is 3.07. The van der Waals surface area contributed by atoms with Crippen LogP contribution in [-0.4, -0.2) is 25.7 Å². The summed E-state index contributed by atoms with van der Waals surface area (Å²) in [6.45, 7) is 8.59. The standard InChI is InChI=1S/C14H21N5O/c1-5-6-19-8-12(10(3)18-19)14(20)17-11(4)13-15-7-9(2)16-13/h7-8,11H,5-6H2,1-4H3,(H,15,16)(H,17,20)/t11-/m1/s1. The van der Waals surface area contributed by atoms with Gasteiger partial charge in [-0.2, -0.15) is 5.10 Å². The first-order valence-corrected chi connectivity index (χ1v) is 6.87. The van der Waals surface area contributed by atoms with Gasteiger partial charge in [0, 0.05) is 24.6 Å². The fourth-order valence-electron chi connectivity index (χ4n) is 2.08. The van der Waals surface area contributed by atoms with Crippen molar-refractivity contribution in [1.29, 1.82) is 0 Å². The van der Waals surface area contributed by atoms with Crippen LogP contribution in [0.5, 0.6) is 0 Å². The molecule has 0 radical (unpaired) electrons. The molecule has 6 heteroatoms. The summed E-state index contributed by atoms with van der Waals surface area (Å²) in [7, 11) is 0. The van der Waals surface area contributed by atoms with Gasteiger partial charge in [-0.05, 0) is 27.2 Å². The number of aryl methyl sites for hydroxylation is 3. The van der Waals surface area contributed by atoms with Gasteiger partial charge in [-0.15, -0.1) is 0 Å². The lowest BCUT2D eigenvalue weighted by Crippen LogP contribution is -2.27. The number of amides is 1. The molecule has 0 fully saturated rings. The van der Waals surface area contributed by atoms with Crippen molar-refractivity contribution in [2.45, 2.75) is 46.7 Å². The fraction of sp³-hybridized carbons (Fsp3) is 0.500. The number of imidazole rings is 1. The van der Waals surface area contributed by atoms with Gasteiger partial charge in [-0.3, -0.25) is 9.48 Å². The number of rotatable bonds is 5. The maximum absolute atomic E-state index is 12.3. The van der Waals surface area contributed by atoms with Gasteiger partial charge in [-0.1, -0.05) is 6.92 Å². The lowest BCUT2D eigenvalue weighted by molar-refractivity contribution is 0.0937. The molecular formula is C14H21N5O. The van der Waals surface area contributed by atoms with Crippen LogP contribution in [0.2, 0.25) is 0 Å². The Morgan fingerprint density at radius 2 is 2.25 bits per heavy atom. The minimum atomic E-state index is -0.162. The van der Waals surface area contributed by atoms with E-state index >= 15 is 0 Å². The zero-order chi connectivity index (χ0) is 14.7. The van der Waals surface area contributed by atoms with Crippen LogP contribution >= 0.6 is 0 Å². The highest BCUT2D eigenvalue weighted by atomic mass is 16.1. The average molecular weight is 275 g/mol. The Kier molecular flexibility index (Phi) is 4.22. The summed E-state index contributed by atoms with van der Waals surface area (Å²) in [6, 6.07) is -0.162. The van der Waals surface area contributed by atoms with Gasteiger partial charge in [0.1, 0.15) is 5.82 Å². The predicted molar refractivity (Wildman–Crippen MR) is 76.5 cm³/mol. The van der Waals surface area contributed by atoms with Crippen LogP contribution in [0.4, 0.5) is 0 Å². The Balaban J connectivity index is 2.08. The number of nitrogens with one attached hydrogen (secondary N) is 2. The van der Waals surface area contributed by atoms with Gasteiger partial charge in [0.25, 0.3) is 5.91 Å². The van der Waals surface area contributed by atoms with E-state index in [-0.39, 0.29) is 11.9 Å². The maximum Gasteiger partial charge on any atom is 0.255 e. The van der Waals surface area contributed by atoms with E-state index in [4.69, 9.17) is 0 Å². The quantitative estimate of drug-likeness (QED) is 0.877. The smallest absolute Gasteiger partial charge is 0.255 e. The highest BCUT2D eigenvalue weighted by molar-refractivity contribution is 5.95. The molecular weight excluding hydrogens is 254 g/mol. The number of hydrogen-bond donors (Lipinski definition) is 2. The molecule has 20 heavy (non-hydrogen) atoms. The fourth-order valence-corrected chi connectivity index (χ4v) is 2.08. The predicted octanol–water partition coefficient (Wildman–Crippen LogP) is 2.12. The molecule has 0 unspecified atom stereocenters. The van der Waals surface area contributed by atoms with E-state index in [1.165, 1.54) is 0 Å². The van der Waals surface area contributed by atoms with Crippen molar-refractivity contribution in [2.24, 2.45) is 0 Å². The van der Waals surface area contributed by atoms with Gasteiger partial charge in [0.15, 0.2) is 0 Å². The van der Waals surface area contributed by atoms with Crippen molar-refractivity contribution in [3.05, 3.63) is 35.2 Å². The zero-order valence-electron chi connectivity index (χ0n) is 12.4. The second-order valence-electron chi connectivity index (χ2n) is 5.04. The second-order valence-corrected chi connectivity index (χ2v) is 5.04. The summed E-state index contributed by atoms with van der Waals surface area (Å²) in [6.07, 6.45) is 4.54. The Morgan fingerprint density at radius 1 is 1.50 bits per heavy atom. The minimum absolute atomic E-state index is 0.119. The normalized spacial score (nSPS) is 12.4. The summed E-state index contributed by atoms with van der Waals surface area (Å²) < 4.78 is 1.81. The van der Waals surface area contributed by atoms with Crippen molar-refractivity contribution in [1.82, 2.24) is 25.1 Å². The first-order valence-electron chi connectivity index (χ1n) is 6.87. The van der Waals surface area contributed by atoms with Crippen molar-refractivity contribution >= 4 is 5.91 Å². The van der Waals surface area contributed by atoms with Gasteiger partial charge < -0.3 is 10.3 Å². The van der Waals surface area contributed by atoms with E-state index in [0.717, 1.165) is 30.2 Å². The molecule has 0 spiro atoms. The van der Waals surface area contributed by atoms with Gasteiger partial charge >= 0.3 is 0 Å². The van der Waals surface area contributed by atoms with Gasteiger partial charge in [-0.25, -0.2) is 4.98 Å². The van der Waals surface area contributed by atoms with E-state index < -0.39 is 0 Å². The monoisotopic (exact) mass is 275 g/mol. The number of H-pyrrole nitrogens is 1. The number of nitrogens with zero attached hydrogens (tertiary/aromatic N) is 3. The average Bonchev–Trinajstić information content (AvgIpc) is 2.96. The SMILES string of the molecule is CCCn1cc(C(=O)N[C@H](C)c2ncc(C)[nH]2)c(C)n1. The molecule has 2 aromatic rings. The molecule has 0 bridgehead atoms. The largest absolute Gasteiger partial charge is 0.344 e. The minimum Gasteiger partial charge on any atom is -0.344 e. The van der Waals surface area contributed by atoms with E-state index in [9.17, 15) is 4.79 Å². The Labute approximate surface area is 118 Å². The zero-order valence-corrected chi connectivity index (χ0v) is 12.4. The van der Waals surface area contributed by atoms with Crippen molar-refractivity contribution in [3.63, 3.8) is 0 Å². The number of hydrogen-bond acceptors (Lipinski definition) is 3. The number of carbonyl (C=O) groups excluding carboxylic acids is 1. The van der Waals surface area contributed by atoms with E-state index in [0.29, 0.717) is 5.56 Å². The van der Waals surface area contributed by atoms with E-state index in [1.807, 2.05) is 25.5 Å². The van der Waals surface area contributed by atoms with Crippen LogP contribution in [0.1, 0.15) is 53.9 Å². The molecule has 0 aliphatic heterocycles. The first kappa shape index (κ1) is 14.3. The molecule has 0 aliphatic rings. The summed E-state index contributed by atoms with van der Waals surface area (Å²) in [5.74, 6) is 0.640. The lowest BCUT2D eigenvalue weighted by Gasteiger charge is -2.10. The summed E-state index contributed by atoms with van der Waals surface area (Å²) in [4.78, 5) is 19.6. The second kappa shape index (κ2) is 5.90. The topological polar surface area (TPSA) is 75.6 Å². The lowest BCUT2D eigenvalue weighted by atomic mass is 10.2. The molecule has 0 aliphatic carbocycles. The van der Waals surface area contributed by atoms with Crippen LogP contribution < -0.4 is 5.32 Å². The highest BCUT2D eigenvalue weighted by Crippen LogP contribution is 2.11. The number of aromatic nitrogens is 4. The van der Waals surface area contributed by atoms with Crippen LogP contribution in [0.3, 0.4) is 0 Å². The molecule has 1 atom stereocenters. The molecule has 2 rings (SSSR count). The first-order chi connectivity index (χ1) is 9.51. The number of carbonyl (C=O) groups is 1. The molecule has 2 aromatic heterocycles. The molecule has 2 N–H and O–H groups in total. The Bertz CT molecular complexity index is 598. The highest BCUT2D eigenvalue weighted by Gasteiger charge is 2.17. The molecule has 1 amide bonds.